The van der Waals surface area contributed by atoms with Crippen LogP contribution in [-0.2, 0) is 6.61 Å². The summed E-state index contributed by atoms with van der Waals surface area (Å²) < 4.78 is 22.1. The van der Waals surface area contributed by atoms with Crippen LogP contribution in [0, 0.1) is 6.92 Å². The molecular formula is C26H28N2O5. The Kier molecular flexibility index (Phi) is 8.30. The minimum atomic E-state index is -0.365. The van der Waals surface area contributed by atoms with Crippen molar-refractivity contribution in [2.45, 2.75) is 20.5 Å². The zero-order valence-electron chi connectivity index (χ0n) is 19.3. The predicted octanol–water partition coefficient (Wildman–Crippen LogP) is 4.75. The Morgan fingerprint density at radius 2 is 1.61 bits per heavy atom. The first-order chi connectivity index (χ1) is 16.0. The highest BCUT2D eigenvalue weighted by atomic mass is 16.5. The number of benzene rings is 3. The molecule has 0 aliphatic heterocycles. The summed E-state index contributed by atoms with van der Waals surface area (Å²) >= 11 is 0. The molecule has 0 heterocycles. The van der Waals surface area contributed by atoms with Gasteiger partial charge in [0.05, 0.1) is 27.0 Å². The van der Waals surface area contributed by atoms with E-state index in [0.717, 1.165) is 11.1 Å². The van der Waals surface area contributed by atoms with E-state index in [1.807, 2.05) is 44.2 Å². The molecule has 0 radical (unpaired) electrons. The van der Waals surface area contributed by atoms with Crippen LogP contribution in [0.15, 0.2) is 65.8 Å². The maximum absolute atomic E-state index is 12.4. The number of hydrogen-bond acceptors (Lipinski definition) is 6. The van der Waals surface area contributed by atoms with Gasteiger partial charge < -0.3 is 18.9 Å². The topological polar surface area (TPSA) is 78.4 Å². The number of nitrogens with one attached hydrogen (secondary N) is 1. The molecule has 0 fully saturated rings. The molecule has 0 atom stereocenters. The molecule has 0 aliphatic carbocycles. The number of ether oxygens (including phenoxy) is 4. The molecule has 0 unspecified atom stereocenters. The van der Waals surface area contributed by atoms with Crippen molar-refractivity contribution in [1.82, 2.24) is 5.43 Å². The van der Waals surface area contributed by atoms with Crippen LogP contribution < -0.4 is 24.4 Å². The van der Waals surface area contributed by atoms with Gasteiger partial charge in [-0.1, -0.05) is 29.8 Å². The number of hydrogen-bond donors (Lipinski definition) is 1. The Labute approximate surface area is 193 Å². The number of rotatable bonds is 10. The first kappa shape index (κ1) is 23.7. The number of hydrazone groups is 1. The van der Waals surface area contributed by atoms with Crippen molar-refractivity contribution < 1.29 is 23.7 Å². The molecule has 1 amide bonds. The minimum Gasteiger partial charge on any atom is -0.493 e. The van der Waals surface area contributed by atoms with Gasteiger partial charge in [0.15, 0.2) is 23.0 Å². The largest absolute Gasteiger partial charge is 0.493 e. The van der Waals surface area contributed by atoms with E-state index in [-0.39, 0.29) is 5.91 Å². The lowest BCUT2D eigenvalue weighted by atomic mass is 10.2. The number of aryl methyl sites for hydroxylation is 1. The van der Waals surface area contributed by atoms with Gasteiger partial charge in [-0.05, 0) is 61.4 Å². The summed E-state index contributed by atoms with van der Waals surface area (Å²) in [4.78, 5) is 12.4. The van der Waals surface area contributed by atoms with E-state index >= 15 is 0 Å². The molecule has 0 spiro atoms. The lowest BCUT2D eigenvalue weighted by molar-refractivity contribution is 0.0954. The molecule has 3 aromatic rings. The fraction of sp³-hybridized carbons (Fsp3) is 0.231. The first-order valence-corrected chi connectivity index (χ1v) is 10.5. The lowest BCUT2D eigenvalue weighted by Crippen LogP contribution is -2.17. The summed E-state index contributed by atoms with van der Waals surface area (Å²) in [5, 5.41) is 4.06. The van der Waals surface area contributed by atoms with Crippen molar-refractivity contribution in [3.05, 3.63) is 82.9 Å². The molecule has 1 N–H and O–H groups in total. The van der Waals surface area contributed by atoms with Gasteiger partial charge in [-0.25, -0.2) is 5.43 Å². The molecule has 33 heavy (non-hydrogen) atoms. The number of carbonyl (C=O) groups excluding carboxylic acids is 1. The standard InChI is InChI=1S/C26H28N2O5/c1-5-32-25-14-20(10-12-23(25)33-17-19-8-6-18(2)7-9-19)16-27-28-26(29)21-11-13-22(30-3)24(15-21)31-4/h6-16H,5,17H2,1-4H3,(H,28,29)/b27-16+. The number of methoxy groups -OCH3 is 2. The molecule has 7 heteroatoms. The highest BCUT2D eigenvalue weighted by Gasteiger charge is 2.10. The second-order valence-electron chi connectivity index (χ2n) is 7.18. The molecule has 0 aromatic heterocycles. The van der Waals surface area contributed by atoms with Gasteiger partial charge in [-0.15, -0.1) is 0 Å². The molecule has 3 rings (SSSR count). The summed E-state index contributed by atoms with van der Waals surface area (Å²) in [6.07, 6.45) is 1.55. The molecule has 3 aromatic carbocycles. The fourth-order valence-electron chi connectivity index (χ4n) is 3.05. The normalized spacial score (nSPS) is 10.7. The monoisotopic (exact) mass is 448 g/mol. The molecular weight excluding hydrogens is 420 g/mol. The third kappa shape index (κ3) is 6.49. The van der Waals surface area contributed by atoms with Gasteiger partial charge in [0.2, 0.25) is 0 Å². The van der Waals surface area contributed by atoms with E-state index in [9.17, 15) is 4.79 Å². The van der Waals surface area contributed by atoms with Crippen LogP contribution in [-0.4, -0.2) is 32.9 Å². The average Bonchev–Trinajstić information content (AvgIpc) is 2.84. The van der Waals surface area contributed by atoms with E-state index in [0.29, 0.717) is 41.8 Å². The van der Waals surface area contributed by atoms with Gasteiger partial charge >= 0.3 is 0 Å². The Bertz CT molecular complexity index is 1110. The predicted molar refractivity (Wildman–Crippen MR) is 128 cm³/mol. The molecule has 172 valence electrons. The van der Waals surface area contributed by atoms with E-state index in [2.05, 4.69) is 22.7 Å². The van der Waals surface area contributed by atoms with Crippen molar-refractivity contribution in [3.63, 3.8) is 0 Å². The summed E-state index contributed by atoms with van der Waals surface area (Å²) in [7, 11) is 3.05. The summed E-state index contributed by atoms with van der Waals surface area (Å²) in [6, 6.07) is 18.6. The van der Waals surface area contributed by atoms with Crippen molar-refractivity contribution >= 4 is 12.1 Å². The van der Waals surface area contributed by atoms with Crippen molar-refractivity contribution in [3.8, 4) is 23.0 Å². The number of amides is 1. The maximum Gasteiger partial charge on any atom is 0.271 e. The zero-order valence-corrected chi connectivity index (χ0v) is 19.3. The molecule has 0 saturated carbocycles. The smallest absolute Gasteiger partial charge is 0.271 e. The second kappa shape index (κ2) is 11.6. The van der Waals surface area contributed by atoms with Gasteiger partial charge in [0.25, 0.3) is 5.91 Å². The highest BCUT2D eigenvalue weighted by molar-refractivity contribution is 5.95. The van der Waals surface area contributed by atoms with Gasteiger partial charge in [0.1, 0.15) is 6.61 Å². The average molecular weight is 449 g/mol. The Morgan fingerprint density at radius 3 is 2.30 bits per heavy atom. The maximum atomic E-state index is 12.4. The van der Waals surface area contributed by atoms with E-state index < -0.39 is 0 Å². The second-order valence-corrected chi connectivity index (χ2v) is 7.18. The van der Waals surface area contributed by atoms with Crippen LogP contribution in [0.5, 0.6) is 23.0 Å². The van der Waals surface area contributed by atoms with E-state index in [4.69, 9.17) is 18.9 Å². The van der Waals surface area contributed by atoms with Gasteiger partial charge in [0, 0.05) is 5.56 Å². The van der Waals surface area contributed by atoms with E-state index in [1.165, 1.54) is 19.8 Å². The van der Waals surface area contributed by atoms with E-state index in [1.54, 1.807) is 24.4 Å². The van der Waals surface area contributed by atoms with Crippen LogP contribution in [0.4, 0.5) is 0 Å². The van der Waals surface area contributed by atoms with Crippen LogP contribution in [0.2, 0.25) is 0 Å². The third-order valence-corrected chi connectivity index (χ3v) is 4.81. The molecule has 0 bridgehead atoms. The Hall–Kier alpha value is -4.00. The number of carbonyl (C=O) groups is 1. The lowest BCUT2D eigenvalue weighted by Gasteiger charge is -2.13. The first-order valence-electron chi connectivity index (χ1n) is 10.5. The van der Waals surface area contributed by atoms with Crippen LogP contribution in [0.25, 0.3) is 0 Å². The Balaban J connectivity index is 1.65. The zero-order chi connectivity index (χ0) is 23.6. The van der Waals surface area contributed by atoms with Crippen molar-refractivity contribution in [2.24, 2.45) is 5.10 Å². The van der Waals surface area contributed by atoms with Gasteiger partial charge in [-0.2, -0.15) is 5.10 Å². The minimum absolute atomic E-state index is 0.365. The molecule has 0 saturated heterocycles. The summed E-state index contributed by atoms with van der Waals surface area (Å²) in [6.45, 7) is 4.90. The summed E-state index contributed by atoms with van der Waals surface area (Å²) in [5.41, 5.74) is 5.96. The van der Waals surface area contributed by atoms with Crippen LogP contribution >= 0.6 is 0 Å². The molecule has 0 aliphatic rings. The molecule has 7 nitrogen and oxygen atoms in total. The number of nitrogens with zero attached hydrogens (tertiary/aromatic N) is 1. The third-order valence-electron chi connectivity index (χ3n) is 4.81. The SMILES string of the molecule is CCOc1cc(/C=N/NC(=O)c2ccc(OC)c(OC)c2)ccc1OCc1ccc(C)cc1. The quantitative estimate of drug-likeness (QED) is 0.358. The van der Waals surface area contributed by atoms with Crippen LogP contribution in [0.1, 0.15) is 34.0 Å². The van der Waals surface area contributed by atoms with Crippen LogP contribution in [0.3, 0.4) is 0 Å². The van der Waals surface area contributed by atoms with Crippen molar-refractivity contribution in [1.29, 1.82) is 0 Å². The Morgan fingerprint density at radius 1 is 0.879 bits per heavy atom. The van der Waals surface area contributed by atoms with Gasteiger partial charge in [-0.3, -0.25) is 4.79 Å². The fourth-order valence-corrected chi connectivity index (χ4v) is 3.05. The van der Waals surface area contributed by atoms with Crippen molar-refractivity contribution in [2.75, 3.05) is 20.8 Å². The summed E-state index contributed by atoms with van der Waals surface area (Å²) in [5.74, 6) is 1.90. The highest BCUT2D eigenvalue weighted by Crippen LogP contribution is 2.29.